The molecule has 0 bridgehead atoms. The lowest BCUT2D eigenvalue weighted by Crippen LogP contribution is -2.57. The van der Waals surface area contributed by atoms with E-state index in [-0.39, 0.29) is 18.2 Å². The number of morpholine rings is 1. The predicted octanol–water partition coefficient (Wildman–Crippen LogP) is 3.32. The Kier molecular flexibility index (Phi) is 10.1. The number of nitrogens with one attached hydrogen (secondary N) is 1. The van der Waals surface area contributed by atoms with Crippen molar-refractivity contribution >= 4 is 38.8 Å². The van der Waals surface area contributed by atoms with Gasteiger partial charge in [-0.1, -0.05) is 56.2 Å². The smallest absolute Gasteiger partial charge is 0.318 e. The molecule has 12 heteroatoms. The number of sulfone groups is 1. The van der Waals surface area contributed by atoms with E-state index in [1.165, 1.54) is 4.90 Å². The van der Waals surface area contributed by atoms with Crippen molar-refractivity contribution in [2.45, 2.75) is 44.9 Å². The van der Waals surface area contributed by atoms with Gasteiger partial charge >= 0.3 is 11.9 Å². The molecule has 0 saturated carbocycles. The van der Waals surface area contributed by atoms with Gasteiger partial charge in [-0.2, -0.15) is 0 Å². The fourth-order valence-electron chi connectivity index (χ4n) is 4.60. The quantitative estimate of drug-likeness (QED) is 0.339. The molecule has 3 aromatic rings. The van der Waals surface area contributed by atoms with Crippen LogP contribution in [-0.4, -0.2) is 85.7 Å². The van der Waals surface area contributed by atoms with E-state index >= 15 is 0 Å². The molecule has 1 aliphatic heterocycles. The van der Waals surface area contributed by atoms with Crippen LogP contribution >= 0.6 is 0 Å². The molecule has 1 aromatic heterocycles. The Morgan fingerprint density at radius 1 is 1.05 bits per heavy atom. The van der Waals surface area contributed by atoms with Crippen LogP contribution in [0.1, 0.15) is 48.0 Å². The lowest BCUT2D eigenvalue weighted by Gasteiger charge is -2.30. The number of urea groups is 1. The van der Waals surface area contributed by atoms with E-state index in [0.29, 0.717) is 49.4 Å². The summed E-state index contributed by atoms with van der Waals surface area (Å²) in [4.78, 5) is 47.4. The number of rotatable bonds is 11. The number of ether oxygens (including phenoxy) is 1. The highest BCUT2D eigenvalue weighted by Gasteiger charge is 2.36. The number of oxazole rings is 1. The summed E-state index contributed by atoms with van der Waals surface area (Å²) in [6, 6.07) is 11.8. The topological polar surface area (TPSA) is 139 Å². The van der Waals surface area contributed by atoms with Crippen molar-refractivity contribution in [2.24, 2.45) is 0 Å². The maximum Gasteiger partial charge on any atom is 0.318 e. The lowest BCUT2D eigenvalue weighted by atomic mass is 10.1. The van der Waals surface area contributed by atoms with Crippen LogP contribution in [-0.2, 0) is 25.1 Å². The van der Waals surface area contributed by atoms with Crippen LogP contribution < -0.4 is 5.32 Å². The third kappa shape index (κ3) is 7.92. The van der Waals surface area contributed by atoms with Gasteiger partial charge in [-0.3, -0.25) is 14.5 Å². The van der Waals surface area contributed by atoms with E-state index in [2.05, 4.69) is 10.3 Å². The van der Waals surface area contributed by atoms with E-state index in [4.69, 9.17) is 9.15 Å². The SMILES string of the molecule is CCCCCN(C(=O)c1nc2ccccc2o1)C(=O)C(CS(=O)(=O)Cc1ccccc1C)NC(=O)N1CCOCC1. The highest BCUT2D eigenvalue weighted by Crippen LogP contribution is 2.18. The number of aromatic nitrogens is 1. The first-order valence-electron chi connectivity index (χ1n) is 13.8. The number of amides is 4. The maximum absolute atomic E-state index is 14.0. The predicted molar refractivity (Wildman–Crippen MR) is 153 cm³/mol. The second-order valence-corrected chi connectivity index (χ2v) is 12.2. The normalized spacial score (nSPS) is 14.5. The largest absolute Gasteiger partial charge is 0.432 e. The van der Waals surface area contributed by atoms with Gasteiger partial charge < -0.3 is 19.4 Å². The summed E-state index contributed by atoms with van der Waals surface area (Å²) in [5.41, 5.74) is 2.23. The highest BCUT2D eigenvalue weighted by molar-refractivity contribution is 7.90. The van der Waals surface area contributed by atoms with E-state index in [1.807, 2.05) is 26.0 Å². The van der Waals surface area contributed by atoms with Crippen LogP contribution in [0.25, 0.3) is 11.1 Å². The van der Waals surface area contributed by atoms with Gasteiger partial charge in [0, 0.05) is 19.6 Å². The number of fused-ring (bicyclic) bond motifs is 1. The first-order valence-corrected chi connectivity index (χ1v) is 15.6. The van der Waals surface area contributed by atoms with E-state index in [1.54, 1.807) is 36.4 Å². The summed E-state index contributed by atoms with van der Waals surface area (Å²) in [5.74, 6) is -2.89. The Hall–Kier alpha value is -3.77. The van der Waals surface area contributed by atoms with Crippen molar-refractivity contribution in [1.82, 2.24) is 20.1 Å². The van der Waals surface area contributed by atoms with Crippen LogP contribution in [0.3, 0.4) is 0 Å². The Morgan fingerprint density at radius 2 is 1.76 bits per heavy atom. The minimum Gasteiger partial charge on any atom is -0.432 e. The first-order chi connectivity index (χ1) is 19.7. The molecule has 2 aromatic carbocycles. The Labute approximate surface area is 239 Å². The highest BCUT2D eigenvalue weighted by atomic mass is 32.2. The molecule has 11 nitrogen and oxygen atoms in total. The maximum atomic E-state index is 14.0. The van der Waals surface area contributed by atoms with Gasteiger partial charge in [-0.25, -0.2) is 18.2 Å². The second-order valence-electron chi connectivity index (χ2n) is 10.1. The van der Waals surface area contributed by atoms with E-state index < -0.39 is 39.5 Å². The van der Waals surface area contributed by atoms with Crippen LogP contribution in [0.4, 0.5) is 4.79 Å². The molecule has 0 radical (unpaired) electrons. The summed E-state index contributed by atoms with van der Waals surface area (Å²) in [5, 5.41) is 2.60. The van der Waals surface area contributed by atoms with Crippen molar-refractivity contribution in [2.75, 3.05) is 38.6 Å². The number of carbonyl (C=O) groups is 3. The Bertz CT molecular complexity index is 1450. The van der Waals surface area contributed by atoms with Gasteiger partial charge in [0.05, 0.1) is 24.7 Å². The van der Waals surface area contributed by atoms with E-state index in [9.17, 15) is 22.8 Å². The van der Waals surface area contributed by atoms with Gasteiger partial charge in [0.25, 0.3) is 11.8 Å². The van der Waals surface area contributed by atoms with Gasteiger partial charge in [0.2, 0.25) is 0 Å². The number of imide groups is 1. The summed E-state index contributed by atoms with van der Waals surface area (Å²) in [7, 11) is -3.90. The third-order valence-corrected chi connectivity index (χ3v) is 8.52. The fourth-order valence-corrected chi connectivity index (χ4v) is 6.25. The zero-order valence-corrected chi connectivity index (χ0v) is 24.2. The molecular formula is C29H36N4O7S. The van der Waals surface area contributed by atoms with E-state index in [0.717, 1.165) is 23.3 Å². The average molecular weight is 585 g/mol. The number of hydrogen-bond acceptors (Lipinski definition) is 8. The van der Waals surface area contributed by atoms with Crippen molar-refractivity contribution in [1.29, 1.82) is 0 Å². The molecule has 1 saturated heterocycles. The molecule has 1 aliphatic rings. The molecule has 4 rings (SSSR count). The van der Waals surface area contributed by atoms with Crippen molar-refractivity contribution in [3.05, 3.63) is 65.5 Å². The number of nitrogens with zero attached hydrogens (tertiary/aromatic N) is 3. The molecule has 0 spiro atoms. The summed E-state index contributed by atoms with van der Waals surface area (Å²) >= 11 is 0. The van der Waals surface area contributed by atoms with Crippen LogP contribution in [0.2, 0.25) is 0 Å². The monoisotopic (exact) mass is 584 g/mol. The van der Waals surface area contributed by atoms with Crippen LogP contribution in [0, 0.1) is 6.92 Å². The van der Waals surface area contributed by atoms with Crippen molar-refractivity contribution in [3.8, 4) is 0 Å². The standard InChI is InChI=1S/C29H36N4O7S/c1-3-4-9-14-33(28(35)26-30-23-12-7-8-13-25(23)40-26)27(34)24(31-29(36)32-15-17-39-18-16-32)20-41(37,38)19-22-11-6-5-10-21(22)2/h5-8,10-13,24H,3-4,9,14-20H2,1-2H3,(H,31,36). The van der Waals surface area contributed by atoms with Crippen molar-refractivity contribution in [3.63, 3.8) is 0 Å². The van der Waals surface area contributed by atoms with Gasteiger partial charge in [0.1, 0.15) is 11.6 Å². The van der Waals surface area contributed by atoms with Crippen LogP contribution in [0.15, 0.2) is 52.9 Å². The van der Waals surface area contributed by atoms with Crippen molar-refractivity contribution < 1.29 is 32.0 Å². The Morgan fingerprint density at radius 3 is 2.46 bits per heavy atom. The van der Waals surface area contributed by atoms with Gasteiger partial charge in [-0.15, -0.1) is 0 Å². The number of unbranched alkanes of at least 4 members (excludes halogenated alkanes) is 2. The molecule has 41 heavy (non-hydrogen) atoms. The number of aryl methyl sites for hydroxylation is 1. The summed E-state index contributed by atoms with van der Waals surface area (Å²) in [6.45, 7) is 5.07. The third-order valence-electron chi connectivity index (χ3n) is 6.92. The molecular weight excluding hydrogens is 548 g/mol. The summed E-state index contributed by atoms with van der Waals surface area (Å²) < 4.78 is 37.7. The molecule has 1 unspecified atom stereocenters. The van der Waals surface area contributed by atoms with Gasteiger partial charge in [0.15, 0.2) is 15.4 Å². The average Bonchev–Trinajstić information content (AvgIpc) is 3.40. The molecule has 1 fully saturated rings. The number of benzene rings is 2. The lowest BCUT2D eigenvalue weighted by molar-refractivity contribution is -0.130. The molecule has 1 N–H and O–H groups in total. The number of para-hydroxylation sites is 2. The van der Waals surface area contributed by atoms with Gasteiger partial charge in [-0.05, 0) is 36.6 Å². The minimum absolute atomic E-state index is 0.0198. The number of hydrogen-bond donors (Lipinski definition) is 1. The zero-order valence-electron chi connectivity index (χ0n) is 23.4. The molecule has 0 aliphatic carbocycles. The second kappa shape index (κ2) is 13.7. The van der Waals surface area contributed by atoms with Crippen LogP contribution in [0.5, 0.6) is 0 Å². The minimum atomic E-state index is -3.90. The first kappa shape index (κ1) is 30.2. The Balaban J connectivity index is 1.63. The fraction of sp³-hybridized carbons (Fsp3) is 0.448. The molecule has 1 atom stereocenters. The zero-order chi connectivity index (χ0) is 29.4. The summed E-state index contributed by atoms with van der Waals surface area (Å²) in [6.07, 6.45) is 2.07. The number of carbonyl (C=O) groups excluding carboxylic acids is 3. The molecule has 220 valence electrons. The molecule has 2 heterocycles. The molecule has 4 amide bonds.